The molecule has 0 radical (unpaired) electrons. The Kier molecular flexibility index (Phi) is 79.2. The zero-order valence-electron chi connectivity index (χ0n) is 71.2. The molecule has 1 heterocycles. The van der Waals surface area contributed by atoms with Gasteiger partial charge in [0.15, 0.2) is 0 Å². The van der Waals surface area contributed by atoms with E-state index in [2.05, 4.69) is 55.4 Å². The average Bonchev–Trinajstić information content (AvgIpc) is 1.78. The van der Waals surface area contributed by atoms with Gasteiger partial charge >= 0.3 is 17.4 Å². The Bertz CT molecular complexity index is 1900. The molecule has 0 aromatic rings. The maximum atomic E-state index is 10.0. The van der Waals surface area contributed by atoms with E-state index in [0.717, 1.165) is 77.4 Å². The molecule has 0 saturated carbocycles. The fourth-order valence-corrected chi connectivity index (χ4v) is 11.9. The molecule has 18 unspecified atom stereocenters. The van der Waals surface area contributed by atoms with Crippen molar-refractivity contribution < 1.29 is 126 Å². The third-order valence-corrected chi connectivity index (χ3v) is 20.3. The van der Waals surface area contributed by atoms with Gasteiger partial charge in [-0.25, -0.2) is 0 Å². The first-order chi connectivity index (χ1) is 52.0. The number of aliphatic hydroxyl groups is 6. The first-order valence-electron chi connectivity index (χ1n) is 41.4. The maximum absolute atomic E-state index is 10.0. The van der Waals surface area contributed by atoms with Crippen molar-refractivity contribution in [3.63, 3.8) is 0 Å². The smallest absolute Gasteiger partial charge is 0.411 e. The van der Waals surface area contributed by atoms with Gasteiger partial charge in [-0.15, -0.1) is 23.2 Å². The lowest BCUT2D eigenvalue weighted by atomic mass is 10.0. The Balaban J connectivity index is -0.00000145. The van der Waals surface area contributed by atoms with Crippen LogP contribution in [-0.2, 0) is 71.1 Å². The van der Waals surface area contributed by atoms with Gasteiger partial charge in [-0.3, -0.25) is 0 Å². The quantitative estimate of drug-likeness (QED) is 0.0117. The van der Waals surface area contributed by atoms with Crippen LogP contribution in [0.15, 0.2) is 0 Å². The van der Waals surface area contributed by atoms with Crippen molar-refractivity contribution in [1.82, 2.24) is 0 Å². The summed E-state index contributed by atoms with van der Waals surface area (Å²) in [5.74, 6) is 3.40. The Hall–Kier alpha value is -0.0662. The molecule has 27 nitrogen and oxygen atoms in total. The summed E-state index contributed by atoms with van der Waals surface area (Å²) in [6, 6.07) is 0.381. The highest BCUT2D eigenvalue weighted by molar-refractivity contribution is 6.63. The van der Waals surface area contributed by atoms with Gasteiger partial charge in [-0.05, 0) is 185 Å². The summed E-state index contributed by atoms with van der Waals surface area (Å²) < 4.78 is 83.4. The normalized spacial score (nSPS) is 18.0. The number of hydrogen-bond donors (Lipinski definition) is 12. The SMILES string of the molecule is CC(C)COCCOC(C)COCC(C)N.CC(CCC(O)CC1CO1)COCCOC(C)COCC(C)CCC(O)CCl.CC(CCC(O)COCCC[Si](C)(O)O)COCCOC(C)COCC(C)CCC(O)COCCC[Si](O)(O)O.CCC(O)CCC(C)COCCOC(C)COCC(C)CCC(O)CCl. The first kappa shape index (κ1) is 114. The predicted molar refractivity (Wildman–Crippen MR) is 438 cm³/mol. The van der Waals surface area contributed by atoms with Crippen LogP contribution in [0.1, 0.15) is 200 Å². The molecule has 0 aromatic heterocycles. The van der Waals surface area contributed by atoms with E-state index in [1.54, 1.807) is 0 Å². The Morgan fingerprint density at radius 2 is 0.627 bits per heavy atom. The van der Waals surface area contributed by atoms with Crippen LogP contribution in [0.3, 0.4) is 0 Å². The summed E-state index contributed by atoms with van der Waals surface area (Å²) in [4.78, 5) is 45.5. The third-order valence-electron chi connectivity index (χ3n) is 17.3. The molecule has 0 bridgehead atoms. The molecule has 110 heavy (non-hydrogen) atoms. The number of epoxide rings is 1. The summed E-state index contributed by atoms with van der Waals surface area (Å²) in [5.41, 5.74) is 5.56. The van der Waals surface area contributed by atoms with Crippen molar-refractivity contribution in [2.45, 2.75) is 291 Å². The van der Waals surface area contributed by atoms with Crippen LogP contribution in [0.2, 0.25) is 18.6 Å². The van der Waals surface area contributed by atoms with Crippen LogP contribution in [0.4, 0.5) is 0 Å². The van der Waals surface area contributed by atoms with Crippen LogP contribution < -0.4 is 5.73 Å². The van der Waals surface area contributed by atoms with Crippen molar-refractivity contribution in [1.29, 1.82) is 0 Å². The summed E-state index contributed by atoms with van der Waals surface area (Å²) in [6.07, 6.45) is 10.1. The van der Waals surface area contributed by atoms with Gasteiger partial charge in [0.05, 0.1) is 173 Å². The van der Waals surface area contributed by atoms with E-state index in [9.17, 15) is 40.2 Å². The summed E-state index contributed by atoms with van der Waals surface area (Å²) >= 11 is 11.2. The highest BCUT2D eigenvalue weighted by Gasteiger charge is 2.27. The molecule has 666 valence electrons. The zero-order chi connectivity index (χ0) is 83.4. The second kappa shape index (κ2) is 76.3. The number of rotatable bonds is 75. The Labute approximate surface area is 678 Å². The monoisotopic (exact) mass is 1670 g/mol. The second-order valence-electron chi connectivity index (χ2n) is 31.8. The van der Waals surface area contributed by atoms with Crippen LogP contribution in [0.25, 0.3) is 0 Å². The van der Waals surface area contributed by atoms with E-state index in [1.807, 2.05) is 41.5 Å². The van der Waals surface area contributed by atoms with E-state index in [4.69, 9.17) is 114 Å². The van der Waals surface area contributed by atoms with Crippen LogP contribution in [-0.4, -0.2) is 322 Å². The molecule has 31 heteroatoms. The number of nitrogens with two attached hydrogens (primary N) is 1. The Morgan fingerprint density at radius 1 is 0.345 bits per heavy atom. The van der Waals surface area contributed by atoms with Crippen molar-refractivity contribution >= 4 is 40.6 Å². The number of hydrogen-bond acceptors (Lipinski definition) is 27. The molecule has 1 aliphatic rings. The Morgan fingerprint density at radius 3 is 0.918 bits per heavy atom. The molecular formula is C79H167Cl2NO26Si2. The molecule has 1 saturated heterocycles. The standard InChI is InChI=1S/C26H58O12Si2.C21H41ClO6.C20H41ClO5.C12H27NO3/c1-22(7-9-25(27)20-34-11-5-15-39(4,29)30)17-36-13-14-38-24(3)19-37-18-23(2)8-10-26(28)21-35-12-6-16-40(31,32)33;1-16(4-6-19(23)10-21-15-28-21)12-25-8-9-27-18(3)14-26-13-17(2)5-7-20(24)11-22;1-5-19(22)8-6-16(2)13-24-10-11-26-18(4)15-25-14-17(3)7-9-20(23)12-21;1-10(2)7-14-5-6-16-12(4)9-15-8-11(3)13/h22-33H,5-21H2,1-4H3;16-21,23-24H,4-15H2,1-3H3;16-20,22-23H,5-15H2,1-4H3;10-12H,5-9,13H2,1-4H3. The second-order valence-corrected chi connectivity index (χ2v) is 37.4. The number of ether oxygens (including phenoxy) is 15. The lowest BCUT2D eigenvalue weighted by Gasteiger charge is -2.18. The van der Waals surface area contributed by atoms with Gasteiger partial charge in [-0.1, -0.05) is 62.3 Å². The van der Waals surface area contributed by atoms with Crippen molar-refractivity contribution in [2.24, 2.45) is 47.2 Å². The molecule has 0 spiro atoms. The molecule has 0 amide bonds. The molecule has 1 rings (SSSR count). The molecule has 13 N–H and O–H groups in total. The molecular weight excluding hydrogens is 1510 g/mol. The maximum Gasteiger partial charge on any atom is 0.492 e. The molecule has 1 aliphatic heterocycles. The van der Waals surface area contributed by atoms with Crippen molar-refractivity contribution in [3.8, 4) is 0 Å². The summed E-state index contributed by atoms with van der Waals surface area (Å²) in [5, 5.41) is 58.4. The zero-order valence-corrected chi connectivity index (χ0v) is 74.7. The van der Waals surface area contributed by atoms with Gasteiger partial charge in [0.25, 0.3) is 0 Å². The lowest BCUT2D eigenvalue weighted by molar-refractivity contribution is -0.0395. The highest BCUT2D eigenvalue weighted by atomic mass is 35.5. The highest BCUT2D eigenvalue weighted by Crippen LogP contribution is 2.21. The van der Waals surface area contributed by atoms with E-state index in [-0.39, 0.29) is 86.4 Å². The number of aliphatic hydroxyl groups excluding tert-OH is 6. The lowest BCUT2D eigenvalue weighted by Crippen LogP contribution is -2.34. The minimum atomic E-state index is -4.01. The average molecular weight is 1670 g/mol. The van der Waals surface area contributed by atoms with E-state index in [0.29, 0.717) is 218 Å². The summed E-state index contributed by atoms with van der Waals surface area (Å²) in [7, 11) is -7.02. The molecule has 0 aliphatic carbocycles. The number of halogens is 2. The van der Waals surface area contributed by atoms with Gasteiger partial charge in [0, 0.05) is 89.7 Å². The van der Waals surface area contributed by atoms with Gasteiger partial charge in [-0.2, -0.15) is 0 Å². The minimum absolute atomic E-state index is 0.0291. The van der Waals surface area contributed by atoms with E-state index < -0.39 is 41.8 Å². The van der Waals surface area contributed by atoms with Gasteiger partial charge < -0.3 is 131 Å². The van der Waals surface area contributed by atoms with Crippen LogP contribution >= 0.6 is 23.2 Å². The summed E-state index contributed by atoms with van der Waals surface area (Å²) in [6.45, 7) is 44.0. The van der Waals surface area contributed by atoms with Crippen molar-refractivity contribution in [3.05, 3.63) is 0 Å². The van der Waals surface area contributed by atoms with E-state index >= 15 is 0 Å². The molecule has 1 fully saturated rings. The first-order valence-corrected chi connectivity index (χ1v) is 47.1. The molecule has 18 atom stereocenters. The largest absolute Gasteiger partial charge is 0.492 e. The fourth-order valence-electron chi connectivity index (χ4n) is 10.2. The van der Waals surface area contributed by atoms with Crippen LogP contribution in [0, 0.1) is 41.4 Å². The third kappa shape index (κ3) is 90.3. The minimum Gasteiger partial charge on any atom is -0.411 e. The van der Waals surface area contributed by atoms with Crippen molar-refractivity contribution in [2.75, 3.05) is 177 Å². The van der Waals surface area contributed by atoms with E-state index in [1.165, 1.54) is 6.55 Å². The van der Waals surface area contributed by atoms with Gasteiger partial charge in [0.1, 0.15) is 0 Å². The topological polar surface area (TPSA) is 390 Å². The fraction of sp³-hybridized carbons (Fsp3) is 1.00. The molecule has 0 aromatic carbocycles. The van der Waals surface area contributed by atoms with Gasteiger partial charge in [0.2, 0.25) is 0 Å². The van der Waals surface area contributed by atoms with Crippen LogP contribution in [0.5, 0.6) is 0 Å². The predicted octanol–water partition coefficient (Wildman–Crippen LogP) is 8.83. The number of alkyl halides is 2.